The number of nitrogens with one attached hydrogen (secondary N) is 1. The first kappa shape index (κ1) is 10.5. The van der Waals surface area contributed by atoms with Crippen LogP contribution < -0.4 is 11.1 Å². The molecule has 4 heteroatoms. The second kappa shape index (κ2) is 5.19. The van der Waals surface area contributed by atoms with Crippen molar-refractivity contribution in [3.05, 3.63) is 0 Å². The van der Waals surface area contributed by atoms with Gasteiger partial charge in [-0.05, 0) is 38.9 Å². The molecule has 3 N–H and O–H groups in total. The zero-order valence-corrected chi connectivity index (χ0v) is 8.25. The topological polar surface area (TPSA) is 58.4 Å². The van der Waals surface area contributed by atoms with Crippen molar-refractivity contribution in [1.82, 2.24) is 10.2 Å². The molecule has 0 aromatic carbocycles. The molecule has 1 unspecified atom stereocenters. The van der Waals surface area contributed by atoms with E-state index < -0.39 is 0 Å². The molecule has 0 bridgehead atoms. The summed E-state index contributed by atoms with van der Waals surface area (Å²) in [6.07, 6.45) is 2.44. The Bertz CT molecular complexity index is 172. The van der Waals surface area contributed by atoms with Crippen LogP contribution in [0.5, 0.6) is 0 Å². The highest BCUT2D eigenvalue weighted by molar-refractivity contribution is 5.75. The van der Waals surface area contributed by atoms with Gasteiger partial charge in [0.15, 0.2) is 0 Å². The molecule has 1 fully saturated rings. The number of carbonyl (C=O) groups is 1. The number of primary amides is 1. The summed E-state index contributed by atoms with van der Waals surface area (Å²) in [6.45, 7) is 3.61. The fraction of sp³-hybridized carbons (Fsp3) is 0.889. The summed E-state index contributed by atoms with van der Waals surface area (Å²) in [5.41, 5.74) is 5.00. The standard InChI is InChI=1S/C9H19N3O/c1-12-5-3-8(7-12)2-4-11-6-9(10)13/h8,11H,2-7H2,1H3,(H2,10,13). The summed E-state index contributed by atoms with van der Waals surface area (Å²) >= 11 is 0. The van der Waals surface area contributed by atoms with Crippen LogP contribution in [0.25, 0.3) is 0 Å². The highest BCUT2D eigenvalue weighted by Gasteiger charge is 2.18. The number of likely N-dealkylation sites (tertiary alicyclic amines) is 1. The van der Waals surface area contributed by atoms with Gasteiger partial charge in [-0.15, -0.1) is 0 Å². The number of amides is 1. The molecule has 0 spiro atoms. The predicted octanol–water partition coefficient (Wildman–Crippen LogP) is -0.597. The third kappa shape index (κ3) is 4.24. The van der Waals surface area contributed by atoms with Gasteiger partial charge in [-0.25, -0.2) is 0 Å². The van der Waals surface area contributed by atoms with E-state index in [1.54, 1.807) is 0 Å². The van der Waals surface area contributed by atoms with Gasteiger partial charge in [0.05, 0.1) is 6.54 Å². The largest absolute Gasteiger partial charge is 0.369 e. The van der Waals surface area contributed by atoms with Crippen molar-refractivity contribution in [2.75, 3.05) is 33.2 Å². The summed E-state index contributed by atoms with van der Waals surface area (Å²) in [4.78, 5) is 12.7. The van der Waals surface area contributed by atoms with Crippen molar-refractivity contribution in [2.24, 2.45) is 11.7 Å². The van der Waals surface area contributed by atoms with Crippen LogP contribution in [-0.2, 0) is 4.79 Å². The quantitative estimate of drug-likeness (QED) is 0.562. The third-order valence-corrected chi connectivity index (χ3v) is 2.52. The average molecular weight is 185 g/mol. The first-order valence-corrected chi connectivity index (χ1v) is 4.86. The zero-order valence-electron chi connectivity index (χ0n) is 8.25. The minimum atomic E-state index is -0.275. The highest BCUT2D eigenvalue weighted by atomic mass is 16.1. The molecular weight excluding hydrogens is 166 g/mol. The molecule has 76 valence electrons. The molecule has 1 rings (SSSR count). The Hall–Kier alpha value is -0.610. The Morgan fingerprint density at radius 2 is 2.46 bits per heavy atom. The smallest absolute Gasteiger partial charge is 0.231 e. The van der Waals surface area contributed by atoms with Gasteiger partial charge in [-0.1, -0.05) is 0 Å². The van der Waals surface area contributed by atoms with Gasteiger partial charge in [0.25, 0.3) is 0 Å². The second-order valence-corrected chi connectivity index (χ2v) is 3.85. The van der Waals surface area contributed by atoms with Gasteiger partial charge < -0.3 is 16.0 Å². The van der Waals surface area contributed by atoms with Gasteiger partial charge in [-0.3, -0.25) is 4.79 Å². The normalized spacial score (nSPS) is 23.6. The van der Waals surface area contributed by atoms with Crippen molar-refractivity contribution in [2.45, 2.75) is 12.8 Å². The van der Waals surface area contributed by atoms with Crippen LogP contribution in [-0.4, -0.2) is 44.0 Å². The Morgan fingerprint density at radius 3 is 3.00 bits per heavy atom. The van der Waals surface area contributed by atoms with E-state index in [4.69, 9.17) is 5.73 Å². The van der Waals surface area contributed by atoms with Crippen molar-refractivity contribution in [1.29, 1.82) is 0 Å². The molecular formula is C9H19N3O. The molecule has 0 aromatic heterocycles. The molecule has 0 saturated carbocycles. The van der Waals surface area contributed by atoms with Gasteiger partial charge in [0.1, 0.15) is 0 Å². The van der Waals surface area contributed by atoms with Crippen molar-refractivity contribution >= 4 is 5.91 Å². The Kier molecular flexibility index (Phi) is 4.18. The average Bonchev–Trinajstić information content (AvgIpc) is 2.45. The zero-order chi connectivity index (χ0) is 9.68. The summed E-state index contributed by atoms with van der Waals surface area (Å²) in [5, 5.41) is 3.03. The molecule has 1 aliphatic rings. The molecule has 0 aliphatic carbocycles. The third-order valence-electron chi connectivity index (χ3n) is 2.52. The lowest BCUT2D eigenvalue weighted by molar-refractivity contribution is -0.117. The number of nitrogens with zero attached hydrogens (tertiary/aromatic N) is 1. The van der Waals surface area contributed by atoms with Crippen LogP contribution in [0.3, 0.4) is 0 Å². The minimum absolute atomic E-state index is 0.275. The van der Waals surface area contributed by atoms with Crippen molar-refractivity contribution in [3.8, 4) is 0 Å². The fourth-order valence-corrected chi connectivity index (χ4v) is 1.78. The van der Waals surface area contributed by atoms with E-state index in [1.165, 1.54) is 19.5 Å². The van der Waals surface area contributed by atoms with Crippen LogP contribution >= 0.6 is 0 Å². The van der Waals surface area contributed by atoms with E-state index in [2.05, 4.69) is 17.3 Å². The van der Waals surface area contributed by atoms with Gasteiger partial charge in [-0.2, -0.15) is 0 Å². The van der Waals surface area contributed by atoms with Gasteiger partial charge in [0.2, 0.25) is 5.91 Å². The lowest BCUT2D eigenvalue weighted by Crippen LogP contribution is -2.30. The number of rotatable bonds is 5. The summed E-state index contributed by atoms with van der Waals surface area (Å²) in [6, 6.07) is 0. The maximum atomic E-state index is 10.4. The first-order chi connectivity index (χ1) is 6.18. The van der Waals surface area contributed by atoms with E-state index in [0.717, 1.165) is 18.9 Å². The first-order valence-electron chi connectivity index (χ1n) is 4.86. The molecule has 1 atom stereocenters. The van der Waals surface area contributed by atoms with Crippen LogP contribution in [0.15, 0.2) is 0 Å². The number of hydrogen-bond donors (Lipinski definition) is 2. The second-order valence-electron chi connectivity index (χ2n) is 3.85. The van der Waals surface area contributed by atoms with Gasteiger partial charge in [0, 0.05) is 6.54 Å². The number of nitrogens with two attached hydrogens (primary N) is 1. The molecule has 4 nitrogen and oxygen atoms in total. The van der Waals surface area contributed by atoms with E-state index in [-0.39, 0.29) is 5.91 Å². The molecule has 0 radical (unpaired) electrons. The Morgan fingerprint density at radius 1 is 1.69 bits per heavy atom. The van der Waals surface area contributed by atoms with Crippen molar-refractivity contribution < 1.29 is 4.79 Å². The van der Waals surface area contributed by atoms with E-state index in [0.29, 0.717) is 6.54 Å². The van der Waals surface area contributed by atoms with E-state index in [1.807, 2.05) is 0 Å². The molecule has 1 aliphatic heterocycles. The highest BCUT2D eigenvalue weighted by Crippen LogP contribution is 2.16. The Balaban J connectivity index is 1.97. The van der Waals surface area contributed by atoms with E-state index >= 15 is 0 Å². The SMILES string of the molecule is CN1CCC(CCNCC(N)=O)C1. The number of hydrogen-bond acceptors (Lipinski definition) is 3. The Labute approximate surface area is 79.5 Å². The maximum absolute atomic E-state index is 10.4. The van der Waals surface area contributed by atoms with Crippen molar-refractivity contribution in [3.63, 3.8) is 0 Å². The van der Waals surface area contributed by atoms with Gasteiger partial charge >= 0.3 is 0 Å². The lowest BCUT2D eigenvalue weighted by Gasteiger charge is -2.10. The molecule has 13 heavy (non-hydrogen) atoms. The van der Waals surface area contributed by atoms with E-state index in [9.17, 15) is 4.79 Å². The summed E-state index contributed by atoms with van der Waals surface area (Å²) in [7, 11) is 2.15. The van der Waals surface area contributed by atoms with Crippen LogP contribution in [0.4, 0.5) is 0 Å². The summed E-state index contributed by atoms with van der Waals surface area (Å²) in [5.74, 6) is 0.522. The molecule has 1 saturated heterocycles. The predicted molar refractivity (Wildman–Crippen MR) is 52.3 cm³/mol. The monoisotopic (exact) mass is 185 g/mol. The lowest BCUT2D eigenvalue weighted by atomic mass is 10.1. The fourth-order valence-electron chi connectivity index (χ4n) is 1.78. The van der Waals surface area contributed by atoms with Crippen LogP contribution in [0.2, 0.25) is 0 Å². The molecule has 0 aromatic rings. The minimum Gasteiger partial charge on any atom is -0.369 e. The van der Waals surface area contributed by atoms with Crippen LogP contribution in [0, 0.1) is 5.92 Å². The van der Waals surface area contributed by atoms with Crippen LogP contribution in [0.1, 0.15) is 12.8 Å². The molecule has 1 amide bonds. The number of carbonyl (C=O) groups excluding carboxylic acids is 1. The summed E-state index contributed by atoms with van der Waals surface area (Å²) < 4.78 is 0. The molecule has 1 heterocycles. The maximum Gasteiger partial charge on any atom is 0.231 e.